The van der Waals surface area contributed by atoms with Gasteiger partial charge in [-0.1, -0.05) is 12.1 Å². The number of anilines is 2. The number of rotatable bonds is 7. The lowest BCUT2D eigenvalue weighted by molar-refractivity contribution is 0.101. The summed E-state index contributed by atoms with van der Waals surface area (Å²) in [7, 11) is 2.10. The van der Waals surface area contributed by atoms with Gasteiger partial charge in [0, 0.05) is 43.7 Å². The molecular weight excluding hydrogens is 538 g/mol. The van der Waals surface area contributed by atoms with Crippen LogP contribution in [0.1, 0.15) is 47.2 Å². The third kappa shape index (κ3) is 6.24. The molecule has 0 unspecified atom stereocenters. The number of aliphatic hydroxyl groups is 1. The van der Waals surface area contributed by atoms with Crippen molar-refractivity contribution in [1.82, 2.24) is 14.8 Å². The zero-order chi connectivity index (χ0) is 29.2. The minimum atomic E-state index is -0.602. The Morgan fingerprint density at radius 3 is 2.43 bits per heavy atom. The summed E-state index contributed by atoms with van der Waals surface area (Å²) in [4.78, 5) is 19.8. The van der Waals surface area contributed by atoms with Gasteiger partial charge in [0.05, 0.1) is 34.8 Å². The molecular formula is C32H36F2N6O2. The van der Waals surface area contributed by atoms with Crippen LogP contribution in [0, 0.1) is 11.6 Å². The predicted molar refractivity (Wildman–Crippen MR) is 161 cm³/mol. The number of fused-ring (bicyclic) bond motifs is 1. The molecule has 4 aromatic rings. The molecule has 8 nitrogen and oxygen atoms in total. The normalized spacial score (nSPS) is 19.7. The fraction of sp³-hybridized carbons (Fsp3) is 0.375. The highest BCUT2D eigenvalue weighted by Gasteiger charge is 2.26. The van der Waals surface area contributed by atoms with Crippen LogP contribution in [-0.2, 0) is 6.42 Å². The number of nitrogens with zero attached hydrogens (tertiary/aromatic N) is 4. The third-order valence-corrected chi connectivity index (χ3v) is 8.33. The van der Waals surface area contributed by atoms with Crippen LogP contribution >= 0.6 is 0 Å². The van der Waals surface area contributed by atoms with E-state index in [4.69, 9.17) is 0 Å². The lowest BCUT2D eigenvalue weighted by atomic mass is 9.92. The fourth-order valence-electron chi connectivity index (χ4n) is 6.04. The summed E-state index contributed by atoms with van der Waals surface area (Å²) in [6.45, 7) is 3.42. The van der Waals surface area contributed by atoms with Crippen molar-refractivity contribution in [1.29, 1.82) is 0 Å². The first kappa shape index (κ1) is 28.1. The monoisotopic (exact) mass is 574 g/mol. The summed E-state index contributed by atoms with van der Waals surface area (Å²) in [6, 6.07) is 15.2. The number of aliphatic hydroxyl groups excluding tert-OH is 1. The van der Waals surface area contributed by atoms with Crippen LogP contribution in [0.25, 0.3) is 10.9 Å². The Labute approximate surface area is 243 Å². The Balaban J connectivity index is 1.25. The van der Waals surface area contributed by atoms with Crippen LogP contribution in [0.4, 0.5) is 20.2 Å². The molecule has 2 aliphatic rings. The van der Waals surface area contributed by atoms with Crippen LogP contribution < -0.4 is 15.6 Å². The maximum absolute atomic E-state index is 13.8. The number of piperazine rings is 1. The van der Waals surface area contributed by atoms with E-state index in [1.807, 2.05) is 36.4 Å². The quantitative estimate of drug-likeness (QED) is 0.295. The molecule has 1 saturated heterocycles. The predicted octanol–water partition coefficient (Wildman–Crippen LogP) is 4.76. The molecule has 10 heteroatoms. The molecule has 6 rings (SSSR count). The first-order valence-electron chi connectivity index (χ1n) is 14.6. The van der Waals surface area contributed by atoms with Gasteiger partial charge in [-0.05, 0) is 86.7 Å². The molecule has 1 saturated carbocycles. The van der Waals surface area contributed by atoms with E-state index in [9.17, 15) is 18.7 Å². The number of hydrogen-bond acceptors (Lipinski definition) is 6. The molecule has 3 N–H and O–H groups in total. The van der Waals surface area contributed by atoms with E-state index in [1.54, 1.807) is 6.20 Å². The zero-order valence-electron chi connectivity index (χ0n) is 23.7. The van der Waals surface area contributed by atoms with Gasteiger partial charge in [-0.3, -0.25) is 4.79 Å². The van der Waals surface area contributed by atoms with Crippen LogP contribution in [0.2, 0.25) is 0 Å². The van der Waals surface area contributed by atoms with Crippen molar-refractivity contribution in [3.8, 4) is 0 Å². The number of aromatic nitrogens is 2. The third-order valence-electron chi connectivity index (χ3n) is 8.33. The van der Waals surface area contributed by atoms with E-state index in [1.165, 1.54) is 16.9 Å². The number of hydrogen-bond donors (Lipinski definition) is 3. The first-order valence-corrected chi connectivity index (χ1v) is 14.6. The Morgan fingerprint density at radius 1 is 0.952 bits per heavy atom. The van der Waals surface area contributed by atoms with Crippen LogP contribution in [-0.4, -0.2) is 71.2 Å². The van der Waals surface area contributed by atoms with Crippen molar-refractivity contribution in [2.45, 2.75) is 44.2 Å². The average molecular weight is 575 g/mol. The van der Waals surface area contributed by atoms with Gasteiger partial charge in [0.2, 0.25) is 0 Å². The molecule has 2 fully saturated rings. The lowest BCUT2D eigenvalue weighted by Gasteiger charge is -2.37. The Bertz CT molecular complexity index is 1550. The summed E-state index contributed by atoms with van der Waals surface area (Å²) in [5, 5.41) is 18.9. The molecule has 42 heavy (non-hydrogen) atoms. The number of halogens is 2. The van der Waals surface area contributed by atoms with E-state index in [0.717, 1.165) is 80.3 Å². The van der Waals surface area contributed by atoms with Gasteiger partial charge in [-0.25, -0.2) is 14.2 Å². The summed E-state index contributed by atoms with van der Waals surface area (Å²) in [6.07, 6.45) is 5.12. The van der Waals surface area contributed by atoms with Crippen LogP contribution in [0.15, 0.2) is 60.8 Å². The number of likely N-dealkylation sites (N-methyl/N-ethyl adjacent to an activating group) is 1. The molecule has 2 heterocycles. The number of para-hydroxylation sites is 1. The number of carbonyl (C=O) groups is 1. The minimum absolute atomic E-state index is 0.235. The van der Waals surface area contributed by atoms with Crippen molar-refractivity contribution in [2.24, 2.45) is 0 Å². The van der Waals surface area contributed by atoms with Crippen LogP contribution in [0.3, 0.4) is 0 Å². The number of nitrogens with one attached hydrogen (secondary N) is 2. The van der Waals surface area contributed by atoms with Gasteiger partial charge in [0.15, 0.2) is 0 Å². The van der Waals surface area contributed by atoms with Gasteiger partial charge in [0.25, 0.3) is 5.91 Å². The lowest BCUT2D eigenvalue weighted by Crippen LogP contribution is -2.45. The average Bonchev–Trinajstić information content (AvgIpc) is 3.36. The van der Waals surface area contributed by atoms with Crippen molar-refractivity contribution in [2.75, 3.05) is 48.9 Å². The standard InChI is InChI=1S/C32H36F2N6O2/c1-38-11-13-39(14-12-38)31-28(3-2-4-29(31)36-26-6-8-27(41)9-7-26)32(42)37-40-30-10-5-21(16-23(30)20-35-40)15-22-17-24(33)19-25(34)18-22/h2-5,10,16-20,26-27,36,41H,6-9,11-15H2,1H3,(H,37,42). The van der Waals surface area contributed by atoms with E-state index < -0.39 is 11.6 Å². The Kier molecular flexibility index (Phi) is 8.08. The molecule has 0 spiro atoms. The second kappa shape index (κ2) is 12.1. The minimum Gasteiger partial charge on any atom is -0.393 e. The Morgan fingerprint density at radius 2 is 1.69 bits per heavy atom. The highest BCUT2D eigenvalue weighted by atomic mass is 19.1. The van der Waals surface area contributed by atoms with Crippen molar-refractivity contribution >= 4 is 28.2 Å². The SMILES string of the molecule is CN1CCN(c2c(NC3CCC(O)CC3)cccc2C(=O)Nn2ncc3cc(Cc4cc(F)cc(F)c4)ccc32)CC1. The maximum Gasteiger partial charge on any atom is 0.273 e. The molecule has 3 aromatic carbocycles. The fourth-order valence-corrected chi connectivity index (χ4v) is 6.04. The summed E-state index contributed by atoms with van der Waals surface area (Å²) in [5.41, 5.74) is 7.48. The first-order chi connectivity index (χ1) is 20.3. The van der Waals surface area contributed by atoms with E-state index >= 15 is 0 Å². The topological polar surface area (TPSA) is 85.7 Å². The summed E-state index contributed by atoms with van der Waals surface area (Å²) >= 11 is 0. The molecule has 0 radical (unpaired) electrons. The van der Waals surface area contributed by atoms with Gasteiger partial charge < -0.3 is 20.2 Å². The number of carbonyl (C=O) groups excluding carboxylic acids is 1. The van der Waals surface area contributed by atoms with Gasteiger partial charge in [-0.15, -0.1) is 0 Å². The van der Waals surface area contributed by atoms with E-state index in [0.29, 0.717) is 23.1 Å². The van der Waals surface area contributed by atoms with Gasteiger partial charge >= 0.3 is 0 Å². The van der Waals surface area contributed by atoms with Gasteiger partial charge in [-0.2, -0.15) is 9.89 Å². The highest BCUT2D eigenvalue weighted by Crippen LogP contribution is 2.34. The number of benzene rings is 3. The van der Waals surface area contributed by atoms with E-state index in [-0.39, 0.29) is 18.1 Å². The highest BCUT2D eigenvalue weighted by molar-refractivity contribution is 6.07. The smallest absolute Gasteiger partial charge is 0.273 e. The van der Waals surface area contributed by atoms with E-state index in [2.05, 4.69) is 32.7 Å². The molecule has 1 amide bonds. The molecule has 0 bridgehead atoms. The molecule has 220 valence electrons. The largest absolute Gasteiger partial charge is 0.393 e. The second-order valence-electron chi connectivity index (χ2n) is 11.5. The maximum atomic E-state index is 13.8. The van der Waals surface area contributed by atoms with Crippen LogP contribution in [0.5, 0.6) is 0 Å². The molecule has 1 aromatic heterocycles. The summed E-state index contributed by atoms with van der Waals surface area (Å²) < 4.78 is 27.3. The molecule has 1 aliphatic heterocycles. The zero-order valence-corrected chi connectivity index (χ0v) is 23.7. The Hall–Kier alpha value is -4.02. The molecule has 0 atom stereocenters. The van der Waals surface area contributed by atoms with Gasteiger partial charge in [0.1, 0.15) is 11.6 Å². The second-order valence-corrected chi connectivity index (χ2v) is 11.5. The molecule has 1 aliphatic carbocycles. The summed E-state index contributed by atoms with van der Waals surface area (Å²) in [5.74, 6) is -1.47. The number of amides is 1. The van der Waals surface area contributed by atoms with Crippen molar-refractivity contribution in [3.05, 3.63) is 89.1 Å². The van der Waals surface area contributed by atoms with Crippen molar-refractivity contribution < 1.29 is 18.7 Å². The van der Waals surface area contributed by atoms with Crippen molar-refractivity contribution in [3.63, 3.8) is 0 Å².